The third kappa shape index (κ3) is 8.98. The number of hydrogen-bond acceptors (Lipinski definition) is 5. The number of para-hydroxylation sites is 1. The molecule has 0 spiro atoms. The van der Waals surface area contributed by atoms with Crippen LogP contribution in [0.4, 0.5) is 5.69 Å². The fraction of sp³-hybridized carbons (Fsp3) is 0.191. The van der Waals surface area contributed by atoms with E-state index < -0.39 is 29.1 Å². The van der Waals surface area contributed by atoms with Gasteiger partial charge in [0, 0.05) is 5.69 Å². The molecule has 2 N–H and O–H groups in total. The summed E-state index contributed by atoms with van der Waals surface area (Å²) in [4.78, 5) is 6.22. The Morgan fingerprint density at radius 2 is 0.699 bits per heavy atom. The first-order chi connectivity index (χ1) is 35.5. The van der Waals surface area contributed by atoms with E-state index in [9.17, 15) is 0 Å². The molecule has 11 rings (SSSR count). The molecule has 1 saturated heterocycles. The Morgan fingerprint density at radius 3 is 1.04 bits per heavy atom. The van der Waals surface area contributed by atoms with Crippen molar-refractivity contribution in [3.63, 3.8) is 0 Å². The molecule has 2 aliphatic rings. The second-order valence-electron chi connectivity index (χ2n) is 20.7. The highest BCUT2D eigenvalue weighted by atomic mass is 16.8. The van der Waals surface area contributed by atoms with Gasteiger partial charge in [-0.25, -0.2) is 4.99 Å². The number of ether oxygens (including phenoxy) is 2. The van der Waals surface area contributed by atoms with Crippen LogP contribution in [0.25, 0.3) is 44.5 Å². The first kappa shape index (κ1) is 47.5. The molecule has 2 aliphatic heterocycles. The first-order valence-electron chi connectivity index (χ1n) is 25.8. The molecular formula is C68H63N3O2. The quantitative estimate of drug-likeness (QED) is 0.136. The standard InChI is InChI=1S/C68H63N3O2/c1-46(2)60-28-19-29-61(47(3)4)62(60)69-65-70-67(56-38-30-52(31-39-56)48-20-11-7-12-21-48,57-40-32-53(33-41-57)49-22-13-8-14-23-49)63-64(73-66(5,6)72-63)68(71-65,58-42-34-54(35-43-58)50-24-15-9-16-25-50)59-44-36-55(37-45-59)51-26-17-10-18-27-51/h7-47,63-64H,1-6H3,(H2,69,70,71)/t63-,64-/m1/s1. The van der Waals surface area contributed by atoms with Gasteiger partial charge < -0.3 is 20.1 Å². The molecule has 9 aromatic rings. The van der Waals surface area contributed by atoms with Crippen LogP contribution < -0.4 is 10.6 Å². The van der Waals surface area contributed by atoms with Crippen LogP contribution in [0.2, 0.25) is 0 Å². The van der Waals surface area contributed by atoms with Crippen LogP contribution in [0.1, 0.15) is 86.8 Å². The molecule has 73 heavy (non-hydrogen) atoms. The molecule has 0 unspecified atom stereocenters. The van der Waals surface area contributed by atoms with Crippen molar-refractivity contribution in [1.82, 2.24) is 5.32 Å². The lowest BCUT2D eigenvalue weighted by Gasteiger charge is -2.43. The summed E-state index contributed by atoms with van der Waals surface area (Å²) in [5.74, 6) is 0.0281. The van der Waals surface area contributed by atoms with E-state index in [0.717, 1.165) is 72.4 Å². The number of aliphatic imine (C=N–C) groups is 1. The van der Waals surface area contributed by atoms with Crippen molar-refractivity contribution in [1.29, 1.82) is 0 Å². The molecular weight excluding hydrogens is 891 g/mol. The smallest absolute Gasteiger partial charge is 0.198 e. The minimum absolute atomic E-state index is 0.223. The zero-order valence-electron chi connectivity index (χ0n) is 42.6. The summed E-state index contributed by atoms with van der Waals surface area (Å²) in [6.07, 6.45) is -1.35. The van der Waals surface area contributed by atoms with Gasteiger partial charge in [-0.2, -0.15) is 0 Å². The molecule has 5 heteroatoms. The number of hydrogen-bond donors (Lipinski definition) is 2. The number of rotatable bonds is 11. The fourth-order valence-corrected chi connectivity index (χ4v) is 11.3. The summed E-state index contributed by atoms with van der Waals surface area (Å²) in [5.41, 5.74) is 14.3. The number of fused-ring (bicyclic) bond motifs is 1. The van der Waals surface area contributed by atoms with Gasteiger partial charge in [-0.3, -0.25) is 0 Å². The first-order valence-corrected chi connectivity index (χ1v) is 25.8. The van der Waals surface area contributed by atoms with E-state index in [2.05, 4.69) is 275 Å². The average Bonchev–Trinajstić information content (AvgIpc) is 3.73. The number of guanidine groups is 1. The fourth-order valence-electron chi connectivity index (χ4n) is 11.3. The maximum Gasteiger partial charge on any atom is 0.198 e. The molecule has 0 amide bonds. The summed E-state index contributed by atoms with van der Waals surface area (Å²) in [7, 11) is 0. The Balaban J connectivity index is 1.22. The van der Waals surface area contributed by atoms with Gasteiger partial charge >= 0.3 is 0 Å². The van der Waals surface area contributed by atoms with E-state index in [1.807, 2.05) is 13.8 Å². The van der Waals surface area contributed by atoms with Crippen LogP contribution in [0.15, 0.2) is 242 Å². The van der Waals surface area contributed by atoms with Crippen molar-refractivity contribution < 1.29 is 9.47 Å². The van der Waals surface area contributed by atoms with Crippen LogP contribution in [-0.2, 0) is 20.6 Å². The zero-order valence-corrected chi connectivity index (χ0v) is 42.6. The molecule has 5 nitrogen and oxygen atoms in total. The second kappa shape index (κ2) is 19.6. The molecule has 2 heterocycles. The SMILES string of the molecule is CC(C)c1cccc(C(C)C)c1NC1=NC(c2ccc(-c3ccccc3)cc2)(c2ccc(-c3ccccc3)cc2)[C@@H]2OC(C)(C)O[C@H]2C(c2ccc(-c3ccccc3)cc2)(c2ccc(-c3ccccc3)cc2)N1. The number of nitrogens with one attached hydrogen (secondary N) is 2. The van der Waals surface area contributed by atoms with Crippen molar-refractivity contribution in [2.75, 3.05) is 5.32 Å². The van der Waals surface area contributed by atoms with Crippen molar-refractivity contribution in [2.24, 2.45) is 4.99 Å². The van der Waals surface area contributed by atoms with Crippen LogP contribution in [-0.4, -0.2) is 24.0 Å². The lowest BCUT2D eigenvalue weighted by molar-refractivity contribution is -0.155. The summed E-state index contributed by atoms with van der Waals surface area (Å²) in [5, 5.41) is 8.37. The summed E-state index contributed by atoms with van der Waals surface area (Å²) >= 11 is 0. The van der Waals surface area contributed by atoms with Gasteiger partial charge in [-0.05, 0) is 104 Å². The van der Waals surface area contributed by atoms with Gasteiger partial charge in [0.05, 0.1) is 0 Å². The van der Waals surface area contributed by atoms with E-state index in [1.54, 1.807) is 0 Å². The van der Waals surface area contributed by atoms with Gasteiger partial charge in [0.15, 0.2) is 11.7 Å². The Kier molecular flexibility index (Phi) is 12.8. The Morgan fingerprint density at radius 1 is 0.384 bits per heavy atom. The minimum atomic E-state index is -1.18. The highest BCUT2D eigenvalue weighted by Gasteiger charge is 2.64. The lowest BCUT2D eigenvalue weighted by Crippen LogP contribution is -2.59. The minimum Gasteiger partial charge on any atom is -0.341 e. The van der Waals surface area contributed by atoms with Crippen LogP contribution >= 0.6 is 0 Å². The highest BCUT2D eigenvalue weighted by molar-refractivity contribution is 5.97. The van der Waals surface area contributed by atoms with Crippen molar-refractivity contribution in [3.05, 3.63) is 270 Å². The molecule has 0 aliphatic carbocycles. The molecule has 9 aromatic carbocycles. The third-order valence-corrected chi connectivity index (χ3v) is 14.9. The molecule has 362 valence electrons. The van der Waals surface area contributed by atoms with E-state index in [-0.39, 0.29) is 11.8 Å². The van der Waals surface area contributed by atoms with E-state index >= 15 is 0 Å². The van der Waals surface area contributed by atoms with Crippen LogP contribution in [0, 0.1) is 0 Å². The maximum atomic E-state index is 7.61. The largest absolute Gasteiger partial charge is 0.341 e. The Labute approximate surface area is 431 Å². The number of benzene rings is 9. The van der Waals surface area contributed by atoms with Crippen molar-refractivity contribution >= 4 is 11.6 Å². The maximum absolute atomic E-state index is 7.61. The third-order valence-electron chi connectivity index (χ3n) is 14.9. The Hall–Kier alpha value is -7.83. The van der Waals surface area contributed by atoms with Gasteiger partial charge in [0.2, 0.25) is 0 Å². The molecule has 0 radical (unpaired) electrons. The number of nitrogens with zero attached hydrogens (tertiary/aromatic N) is 1. The molecule has 0 saturated carbocycles. The van der Waals surface area contributed by atoms with Crippen LogP contribution in [0.3, 0.4) is 0 Å². The molecule has 0 aromatic heterocycles. The monoisotopic (exact) mass is 953 g/mol. The second-order valence-corrected chi connectivity index (χ2v) is 20.7. The van der Waals surface area contributed by atoms with E-state index in [1.165, 1.54) is 11.1 Å². The van der Waals surface area contributed by atoms with Crippen LogP contribution in [0.5, 0.6) is 0 Å². The van der Waals surface area contributed by atoms with Gasteiger partial charge in [0.1, 0.15) is 23.3 Å². The van der Waals surface area contributed by atoms with Crippen molar-refractivity contribution in [2.45, 2.75) is 82.5 Å². The van der Waals surface area contributed by atoms with Gasteiger partial charge in [-0.15, -0.1) is 0 Å². The summed E-state index contributed by atoms with van der Waals surface area (Å²) < 4.78 is 15.2. The predicted octanol–water partition coefficient (Wildman–Crippen LogP) is 16.4. The van der Waals surface area contributed by atoms with Gasteiger partial charge in [0.25, 0.3) is 0 Å². The summed E-state index contributed by atoms with van der Waals surface area (Å²) in [6, 6.07) is 84.9. The predicted molar refractivity (Wildman–Crippen MR) is 302 cm³/mol. The van der Waals surface area contributed by atoms with E-state index in [0.29, 0.717) is 5.96 Å². The van der Waals surface area contributed by atoms with Crippen molar-refractivity contribution in [3.8, 4) is 44.5 Å². The summed E-state index contributed by atoms with van der Waals surface area (Å²) in [6.45, 7) is 13.1. The number of anilines is 1. The zero-order chi connectivity index (χ0) is 50.2. The van der Waals surface area contributed by atoms with E-state index in [4.69, 9.17) is 14.5 Å². The average molecular weight is 954 g/mol. The molecule has 0 bridgehead atoms. The lowest BCUT2D eigenvalue weighted by atomic mass is 9.69. The Bertz CT molecular complexity index is 3140. The van der Waals surface area contributed by atoms with Gasteiger partial charge in [-0.1, -0.05) is 264 Å². The topological polar surface area (TPSA) is 54.9 Å². The molecule has 1 fully saturated rings. The molecule has 2 atom stereocenters. The highest BCUT2D eigenvalue weighted by Crippen LogP contribution is 2.54. The normalized spacial score (nSPS) is 17.6.